The van der Waals surface area contributed by atoms with Gasteiger partial charge in [0, 0.05) is 25.5 Å². The van der Waals surface area contributed by atoms with Crippen LogP contribution in [0.25, 0.3) is 0 Å². The normalized spacial score (nSPS) is 13.8. The molecule has 7 heteroatoms. The van der Waals surface area contributed by atoms with Gasteiger partial charge in [0.15, 0.2) is 0 Å². The van der Waals surface area contributed by atoms with Crippen LogP contribution >= 0.6 is 11.6 Å². The number of halogens is 1. The Bertz CT molecular complexity index is 704. The molecule has 126 valence electrons. The largest absolute Gasteiger partial charge is 0.475 e. The minimum absolute atomic E-state index is 0.152. The fourth-order valence-electron chi connectivity index (χ4n) is 2.64. The molecule has 1 N–H and O–H groups in total. The number of aromatic nitrogens is 2. The fourth-order valence-corrected chi connectivity index (χ4v) is 2.82. The molecule has 24 heavy (non-hydrogen) atoms. The Morgan fingerprint density at radius 2 is 1.96 bits per heavy atom. The van der Waals surface area contributed by atoms with Crippen molar-refractivity contribution in [3.8, 4) is 5.88 Å². The standard InChI is InChI=1S/C17H19ClN4O2/c18-14-6-4-8-21-17(14)24-12-9-20-16(23)13-5-3-7-19-15(13)22-10-1-2-11-22/h3-8H,1-2,9-12H2,(H,20,23). The van der Waals surface area contributed by atoms with Crippen molar-refractivity contribution in [1.29, 1.82) is 0 Å². The minimum Gasteiger partial charge on any atom is -0.475 e. The Labute approximate surface area is 145 Å². The van der Waals surface area contributed by atoms with Gasteiger partial charge in [-0.3, -0.25) is 4.79 Å². The number of nitrogens with zero attached hydrogens (tertiary/aromatic N) is 3. The number of ether oxygens (including phenoxy) is 1. The second-order valence-corrected chi connectivity index (χ2v) is 5.87. The topological polar surface area (TPSA) is 67.3 Å². The van der Waals surface area contributed by atoms with Crippen LogP contribution in [0.4, 0.5) is 5.82 Å². The van der Waals surface area contributed by atoms with Crippen LogP contribution in [0.5, 0.6) is 5.88 Å². The highest BCUT2D eigenvalue weighted by Crippen LogP contribution is 2.22. The molecule has 1 amide bonds. The quantitative estimate of drug-likeness (QED) is 0.814. The summed E-state index contributed by atoms with van der Waals surface area (Å²) in [6.45, 7) is 2.54. The van der Waals surface area contributed by atoms with Crippen LogP contribution < -0.4 is 15.0 Å². The Morgan fingerprint density at radius 1 is 1.21 bits per heavy atom. The van der Waals surface area contributed by atoms with E-state index in [2.05, 4.69) is 20.2 Å². The number of nitrogens with one attached hydrogen (secondary N) is 1. The van der Waals surface area contributed by atoms with E-state index in [0.717, 1.165) is 31.7 Å². The zero-order chi connectivity index (χ0) is 16.8. The van der Waals surface area contributed by atoms with Crippen LogP contribution in [0.3, 0.4) is 0 Å². The van der Waals surface area contributed by atoms with Crippen molar-refractivity contribution in [2.45, 2.75) is 12.8 Å². The van der Waals surface area contributed by atoms with Gasteiger partial charge in [0.05, 0.1) is 12.1 Å². The van der Waals surface area contributed by atoms with Gasteiger partial charge in [-0.05, 0) is 37.1 Å². The van der Waals surface area contributed by atoms with E-state index in [1.54, 1.807) is 36.7 Å². The summed E-state index contributed by atoms with van der Waals surface area (Å²) in [4.78, 5) is 23.0. The van der Waals surface area contributed by atoms with Gasteiger partial charge in [-0.25, -0.2) is 9.97 Å². The first kappa shape index (κ1) is 16.5. The number of amides is 1. The van der Waals surface area contributed by atoms with Crippen molar-refractivity contribution >= 4 is 23.3 Å². The van der Waals surface area contributed by atoms with E-state index in [4.69, 9.17) is 16.3 Å². The molecule has 0 atom stereocenters. The van der Waals surface area contributed by atoms with E-state index in [9.17, 15) is 4.79 Å². The second kappa shape index (κ2) is 7.97. The number of pyridine rings is 2. The molecule has 0 saturated carbocycles. The lowest BCUT2D eigenvalue weighted by Crippen LogP contribution is -2.31. The van der Waals surface area contributed by atoms with E-state index < -0.39 is 0 Å². The SMILES string of the molecule is O=C(NCCOc1ncccc1Cl)c1cccnc1N1CCCC1. The van der Waals surface area contributed by atoms with Crippen LogP contribution in [-0.2, 0) is 0 Å². The molecular weight excluding hydrogens is 328 g/mol. The Kier molecular flexibility index (Phi) is 5.48. The highest BCUT2D eigenvalue weighted by molar-refractivity contribution is 6.31. The molecule has 1 aliphatic heterocycles. The third-order valence-electron chi connectivity index (χ3n) is 3.79. The predicted molar refractivity (Wildman–Crippen MR) is 92.8 cm³/mol. The van der Waals surface area contributed by atoms with E-state index in [1.165, 1.54) is 0 Å². The van der Waals surface area contributed by atoms with E-state index >= 15 is 0 Å². The molecule has 1 aliphatic rings. The lowest BCUT2D eigenvalue weighted by Gasteiger charge is -2.19. The molecule has 3 heterocycles. The van der Waals surface area contributed by atoms with Crippen molar-refractivity contribution in [3.05, 3.63) is 47.2 Å². The van der Waals surface area contributed by atoms with Crippen LogP contribution in [0.1, 0.15) is 23.2 Å². The van der Waals surface area contributed by atoms with Gasteiger partial charge in [-0.2, -0.15) is 0 Å². The molecule has 1 fully saturated rings. The zero-order valence-corrected chi connectivity index (χ0v) is 14.0. The number of anilines is 1. The lowest BCUT2D eigenvalue weighted by molar-refractivity contribution is 0.0947. The molecule has 0 radical (unpaired) electrons. The summed E-state index contributed by atoms with van der Waals surface area (Å²) in [5, 5.41) is 3.30. The van der Waals surface area contributed by atoms with Crippen LogP contribution in [0.15, 0.2) is 36.7 Å². The number of hydrogen-bond donors (Lipinski definition) is 1. The summed E-state index contributed by atoms with van der Waals surface area (Å²) >= 11 is 5.97. The predicted octanol–water partition coefficient (Wildman–Crippen LogP) is 2.54. The molecule has 0 spiro atoms. The molecule has 1 saturated heterocycles. The van der Waals surface area contributed by atoms with Crippen molar-refractivity contribution in [2.24, 2.45) is 0 Å². The van der Waals surface area contributed by atoms with Crippen molar-refractivity contribution in [3.63, 3.8) is 0 Å². The lowest BCUT2D eigenvalue weighted by atomic mass is 10.2. The maximum atomic E-state index is 12.4. The summed E-state index contributed by atoms with van der Waals surface area (Å²) in [6.07, 6.45) is 5.60. The first-order valence-corrected chi connectivity index (χ1v) is 8.35. The van der Waals surface area contributed by atoms with Gasteiger partial charge in [0.25, 0.3) is 5.91 Å². The van der Waals surface area contributed by atoms with Crippen molar-refractivity contribution in [2.75, 3.05) is 31.1 Å². The summed E-state index contributed by atoms with van der Waals surface area (Å²) < 4.78 is 5.47. The van der Waals surface area contributed by atoms with Gasteiger partial charge in [0.2, 0.25) is 5.88 Å². The molecule has 6 nitrogen and oxygen atoms in total. The first-order valence-electron chi connectivity index (χ1n) is 7.97. The highest BCUT2D eigenvalue weighted by atomic mass is 35.5. The zero-order valence-electron chi connectivity index (χ0n) is 13.2. The van der Waals surface area contributed by atoms with E-state index in [0.29, 0.717) is 29.6 Å². The fraction of sp³-hybridized carbons (Fsp3) is 0.353. The van der Waals surface area contributed by atoms with E-state index in [1.807, 2.05) is 0 Å². The summed E-state index contributed by atoms with van der Waals surface area (Å²) in [6, 6.07) is 7.02. The molecule has 0 aliphatic carbocycles. The molecule has 0 aromatic carbocycles. The van der Waals surface area contributed by atoms with Gasteiger partial charge in [0.1, 0.15) is 17.4 Å². The highest BCUT2D eigenvalue weighted by Gasteiger charge is 2.20. The van der Waals surface area contributed by atoms with Gasteiger partial charge < -0.3 is 15.0 Å². The Hall–Kier alpha value is -2.34. The molecule has 2 aromatic rings. The van der Waals surface area contributed by atoms with Gasteiger partial charge >= 0.3 is 0 Å². The number of hydrogen-bond acceptors (Lipinski definition) is 5. The Balaban J connectivity index is 1.55. The summed E-state index contributed by atoms with van der Waals surface area (Å²) in [5.74, 6) is 0.967. The monoisotopic (exact) mass is 346 g/mol. The summed E-state index contributed by atoms with van der Waals surface area (Å²) in [5.41, 5.74) is 0.593. The van der Waals surface area contributed by atoms with Crippen LogP contribution in [-0.4, -0.2) is 42.1 Å². The smallest absolute Gasteiger partial charge is 0.255 e. The minimum atomic E-state index is -0.152. The molecule has 0 bridgehead atoms. The maximum Gasteiger partial charge on any atom is 0.255 e. The molecule has 0 unspecified atom stereocenters. The third-order valence-corrected chi connectivity index (χ3v) is 4.08. The van der Waals surface area contributed by atoms with Crippen LogP contribution in [0.2, 0.25) is 5.02 Å². The Morgan fingerprint density at radius 3 is 2.75 bits per heavy atom. The molecule has 2 aromatic heterocycles. The maximum absolute atomic E-state index is 12.4. The van der Waals surface area contributed by atoms with E-state index in [-0.39, 0.29) is 5.91 Å². The molecular formula is C17H19ClN4O2. The number of carbonyl (C=O) groups is 1. The van der Waals surface area contributed by atoms with Crippen molar-refractivity contribution in [1.82, 2.24) is 15.3 Å². The second-order valence-electron chi connectivity index (χ2n) is 5.46. The van der Waals surface area contributed by atoms with Gasteiger partial charge in [-0.1, -0.05) is 11.6 Å². The van der Waals surface area contributed by atoms with Gasteiger partial charge in [-0.15, -0.1) is 0 Å². The third kappa shape index (κ3) is 3.94. The molecule has 3 rings (SSSR count). The average Bonchev–Trinajstić information content (AvgIpc) is 3.14. The summed E-state index contributed by atoms with van der Waals surface area (Å²) in [7, 11) is 0. The van der Waals surface area contributed by atoms with Crippen LogP contribution in [0, 0.1) is 0 Å². The average molecular weight is 347 g/mol. The van der Waals surface area contributed by atoms with Crippen molar-refractivity contribution < 1.29 is 9.53 Å². The number of rotatable bonds is 6. The number of carbonyl (C=O) groups excluding carboxylic acids is 1. The first-order chi connectivity index (χ1) is 11.8.